The third-order valence-corrected chi connectivity index (χ3v) is 3.65. The van der Waals surface area contributed by atoms with Gasteiger partial charge in [0.05, 0.1) is 11.6 Å². The minimum Gasteiger partial charge on any atom is -0.342 e. The number of rotatable bonds is 5. The fraction of sp³-hybridized carbons (Fsp3) is 0.312. The highest BCUT2D eigenvalue weighted by Gasteiger charge is 2.19. The van der Waals surface area contributed by atoms with Gasteiger partial charge in [0.15, 0.2) is 5.82 Å². The molecule has 7 heteroatoms. The van der Waals surface area contributed by atoms with Gasteiger partial charge in [0.2, 0.25) is 0 Å². The van der Waals surface area contributed by atoms with Crippen molar-refractivity contribution < 1.29 is 4.79 Å². The minimum absolute atomic E-state index is 0.157. The summed E-state index contributed by atoms with van der Waals surface area (Å²) in [4.78, 5) is 17.0. The molecular formula is C16H18N6O. The van der Waals surface area contributed by atoms with Crippen LogP contribution in [0, 0.1) is 6.92 Å². The van der Waals surface area contributed by atoms with E-state index in [1.165, 1.54) is 0 Å². The number of tetrazole rings is 1. The van der Waals surface area contributed by atoms with Crippen molar-refractivity contribution in [1.29, 1.82) is 0 Å². The van der Waals surface area contributed by atoms with Gasteiger partial charge < -0.3 is 5.32 Å². The summed E-state index contributed by atoms with van der Waals surface area (Å²) in [5, 5.41) is 17.8. The molecule has 1 unspecified atom stereocenters. The van der Waals surface area contributed by atoms with Crippen LogP contribution < -0.4 is 5.32 Å². The number of hydrogen-bond donors (Lipinski definition) is 2. The monoisotopic (exact) mass is 310 g/mol. The van der Waals surface area contributed by atoms with Crippen molar-refractivity contribution in [3.05, 3.63) is 47.4 Å². The zero-order valence-electron chi connectivity index (χ0n) is 13.1. The van der Waals surface area contributed by atoms with E-state index in [1.807, 2.05) is 38.1 Å². The number of benzene rings is 1. The van der Waals surface area contributed by atoms with Crippen molar-refractivity contribution in [2.45, 2.75) is 32.7 Å². The van der Waals surface area contributed by atoms with Crippen LogP contribution in [0.25, 0.3) is 10.9 Å². The van der Waals surface area contributed by atoms with Crippen molar-refractivity contribution in [2.75, 3.05) is 0 Å². The van der Waals surface area contributed by atoms with Gasteiger partial charge >= 0.3 is 0 Å². The Morgan fingerprint density at radius 1 is 1.30 bits per heavy atom. The number of carbonyl (C=O) groups is 1. The average Bonchev–Trinajstić information content (AvgIpc) is 3.08. The zero-order chi connectivity index (χ0) is 16.2. The number of nitrogens with one attached hydrogen (secondary N) is 2. The highest BCUT2D eigenvalue weighted by atomic mass is 16.1. The lowest BCUT2D eigenvalue weighted by Crippen LogP contribution is -2.29. The van der Waals surface area contributed by atoms with Crippen LogP contribution in [0.4, 0.5) is 0 Å². The number of amides is 1. The maximum Gasteiger partial charge on any atom is 0.251 e. The smallest absolute Gasteiger partial charge is 0.251 e. The number of aromatic amines is 1. The summed E-state index contributed by atoms with van der Waals surface area (Å²) in [6.45, 7) is 3.99. The molecule has 0 radical (unpaired) electrons. The molecule has 1 atom stereocenters. The molecule has 2 heterocycles. The first-order chi connectivity index (χ1) is 11.2. The average molecular weight is 310 g/mol. The maximum atomic E-state index is 12.5. The number of fused-ring (bicyclic) bond motifs is 1. The lowest BCUT2D eigenvalue weighted by atomic mass is 10.1. The van der Waals surface area contributed by atoms with Crippen LogP contribution in [0.2, 0.25) is 0 Å². The van der Waals surface area contributed by atoms with Crippen LogP contribution >= 0.6 is 0 Å². The fourth-order valence-electron chi connectivity index (χ4n) is 2.48. The zero-order valence-corrected chi connectivity index (χ0v) is 13.1. The lowest BCUT2D eigenvalue weighted by Gasteiger charge is -2.14. The highest BCUT2D eigenvalue weighted by Crippen LogP contribution is 2.17. The largest absolute Gasteiger partial charge is 0.342 e. The van der Waals surface area contributed by atoms with Gasteiger partial charge in [0, 0.05) is 16.6 Å². The molecule has 2 aromatic heterocycles. The van der Waals surface area contributed by atoms with Gasteiger partial charge in [-0.3, -0.25) is 9.78 Å². The summed E-state index contributed by atoms with van der Waals surface area (Å²) in [5.41, 5.74) is 2.42. The van der Waals surface area contributed by atoms with Gasteiger partial charge in [0.25, 0.3) is 5.91 Å². The molecule has 118 valence electrons. The first-order valence-electron chi connectivity index (χ1n) is 7.59. The Kier molecular flexibility index (Phi) is 4.27. The lowest BCUT2D eigenvalue weighted by molar-refractivity contribution is 0.0932. The Bertz CT molecular complexity index is 815. The van der Waals surface area contributed by atoms with Gasteiger partial charge in [-0.2, -0.15) is 5.21 Å². The molecule has 7 nitrogen and oxygen atoms in total. The van der Waals surface area contributed by atoms with Crippen LogP contribution in [-0.2, 0) is 0 Å². The first-order valence-corrected chi connectivity index (χ1v) is 7.59. The van der Waals surface area contributed by atoms with E-state index in [2.05, 4.69) is 30.9 Å². The number of nitrogens with zero attached hydrogens (tertiary/aromatic N) is 4. The number of carbonyl (C=O) groups excluding carboxylic acids is 1. The Labute approximate surface area is 133 Å². The van der Waals surface area contributed by atoms with E-state index in [0.717, 1.165) is 29.4 Å². The summed E-state index contributed by atoms with van der Waals surface area (Å²) in [5.74, 6) is 0.342. The predicted molar refractivity (Wildman–Crippen MR) is 85.8 cm³/mol. The molecular weight excluding hydrogens is 292 g/mol. The summed E-state index contributed by atoms with van der Waals surface area (Å²) < 4.78 is 0. The van der Waals surface area contributed by atoms with Crippen molar-refractivity contribution in [2.24, 2.45) is 0 Å². The second-order valence-corrected chi connectivity index (χ2v) is 5.44. The second-order valence-electron chi connectivity index (χ2n) is 5.44. The van der Waals surface area contributed by atoms with Gasteiger partial charge in [-0.15, -0.1) is 10.2 Å². The standard InChI is InChI=1S/C16H18N6O/c1-3-4-14(15-19-21-22-20-15)18-16(23)12-7-8-13-11(9-12)6-5-10(2)17-13/h5-9,14H,3-4H2,1-2H3,(H,18,23)(H,19,20,21,22). The van der Waals surface area contributed by atoms with Crippen molar-refractivity contribution in [3.63, 3.8) is 0 Å². The third-order valence-electron chi connectivity index (χ3n) is 3.65. The van der Waals surface area contributed by atoms with E-state index in [0.29, 0.717) is 11.4 Å². The summed E-state index contributed by atoms with van der Waals surface area (Å²) in [7, 11) is 0. The Morgan fingerprint density at radius 3 is 2.91 bits per heavy atom. The van der Waals surface area contributed by atoms with Gasteiger partial charge in [0.1, 0.15) is 0 Å². The summed E-state index contributed by atoms with van der Waals surface area (Å²) in [6.07, 6.45) is 1.65. The van der Waals surface area contributed by atoms with E-state index in [-0.39, 0.29) is 11.9 Å². The Hall–Kier alpha value is -2.83. The molecule has 3 aromatic rings. The predicted octanol–water partition coefficient (Wildman–Crippen LogP) is 2.33. The van der Waals surface area contributed by atoms with E-state index in [9.17, 15) is 4.79 Å². The van der Waals surface area contributed by atoms with E-state index in [1.54, 1.807) is 6.07 Å². The molecule has 3 rings (SSSR count). The van der Waals surface area contributed by atoms with Crippen molar-refractivity contribution >= 4 is 16.8 Å². The van der Waals surface area contributed by atoms with Gasteiger partial charge in [-0.25, -0.2) is 0 Å². The molecule has 1 amide bonds. The van der Waals surface area contributed by atoms with Crippen LogP contribution in [0.15, 0.2) is 30.3 Å². The Balaban J connectivity index is 1.83. The Morgan fingerprint density at radius 2 is 2.17 bits per heavy atom. The number of H-pyrrole nitrogens is 1. The van der Waals surface area contributed by atoms with Gasteiger partial charge in [-0.1, -0.05) is 24.6 Å². The van der Waals surface area contributed by atoms with Crippen LogP contribution in [0.1, 0.15) is 47.7 Å². The van der Waals surface area contributed by atoms with E-state index >= 15 is 0 Å². The third kappa shape index (κ3) is 3.33. The molecule has 0 aliphatic rings. The number of hydrogen-bond acceptors (Lipinski definition) is 5. The normalized spacial score (nSPS) is 12.3. The van der Waals surface area contributed by atoms with Crippen LogP contribution in [-0.4, -0.2) is 31.5 Å². The second kappa shape index (κ2) is 6.51. The molecule has 0 aliphatic carbocycles. The highest BCUT2D eigenvalue weighted by molar-refractivity contribution is 5.98. The fourth-order valence-corrected chi connectivity index (χ4v) is 2.48. The van der Waals surface area contributed by atoms with E-state index < -0.39 is 0 Å². The number of aromatic nitrogens is 5. The van der Waals surface area contributed by atoms with Gasteiger partial charge in [-0.05, 0) is 37.6 Å². The molecule has 0 aliphatic heterocycles. The summed E-state index contributed by atoms with van der Waals surface area (Å²) in [6, 6.07) is 9.14. The quantitative estimate of drug-likeness (QED) is 0.754. The molecule has 0 saturated carbocycles. The number of pyridine rings is 1. The molecule has 0 saturated heterocycles. The maximum absolute atomic E-state index is 12.5. The molecule has 1 aromatic carbocycles. The summed E-state index contributed by atoms with van der Waals surface area (Å²) >= 11 is 0. The SMILES string of the molecule is CCCC(NC(=O)c1ccc2nc(C)ccc2c1)c1nn[nH]n1. The number of aryl methyl sites for hydroxylation is 1. The molecule has 23 heavy (non-hydrogen) atoms. The van der Waals surface area contributed by atoms with Crippen LogP contribution in [0.3, 0.4) is 0 Å². The molecule has 0 bridgehead atoms. The molecule has 2 N–H and O–H groups in total. The van der Waals surface area contributed by atoms with Crippen molar-refractivity contribution in [3.8, 4) is 0 Å². The minimum atomic E-state index is -0.252. The van der Waals surface area contributed by atoms with Crippen LogP contribution in [0.5, 0.6) is 0 Å². The molecule has 0 fully saturated rings. The van der Waals surface area contributed by atoms with E-state index in [4.69, 9.17) is 0 Å². The van der Waals surface area contributed by atoms with Crippen molar-refractivity contribution in [1.82, 2.24) is 30.9 Å². The first kappa shape index (κ1) is 15.1. The molecule has 0 spiro atoms. The topological polar surface area (TPSA) is 96.5 Å².